The van der Waals surface area contributed by atoms with Crippen LogP contribution in [-0.2, 0) is 0 Å². The van der Waals surface area contributed by atoms with Crippen LogP contribution in [0.1, 0.15) is 28.8 Å². The van der Waals surface area contributed by atoms with Gasteiger partial charge in [0.2, 0.25) is 5.78 Å². The molecule has 0 aliphatic carbocycles. The second-order valence-corrected chi connectivity index (χ2v) is 6.06. The van der Waals surface area contributed by atoms with Crippen molar-refractivity contribution in [1.82, 2.24) is 0 Å². The van der Waals surface area contributed by atoms with Gasteiger partial charge in [0.05, 0.1) is 4.92 Å². The Labute approximate surface area is 151 Å². The highest BCUT2D eigenvalue weighted by molar-refractivity contribution is 6.14. The van der Waals surface area contributed by atoms with E-state index in [1.165, 1.54) is 18.2 Å². The Morgan fingerprint density at radius 2 is 1.85 bits per heavy atom. The second-order valence-electron chi connectivity index (χ2n) is 6.06. The second kappa shape index (κ2) is 7.62. The van der Waals surface area contributed by atoms with Gasteiger partial charge in [0.25, 0.3) is 5.69 Å². The number of nitriles is 1. The van der Waals surface area contributed by atoms with Crippen LogP contribution >= 0.6 is 0 Å². The number of rotatable bonds is 5. The zero-order valence-electron chi connectivity index (χ0n) is 14.1. The molecule has 0 spiro atoms. The molecular formula is C20H17N3O3. The van der Waals surface area contributed by atoms with Gasteiger partial charge in [0, 0.05) is 42.0 Å². The summed E-state index contributed by atoms with van der Waals surface area (Å²) in [6, 6.07) is 15.0. The van der Waals surface area contributed by atoms with Crippen LogP contribution in [0.3, 0.4) is 0 Å². The minimum Gasteiger partial charge on any atom is -0.371 e. The summed E-state index contributed by atoms with van der Waals surface area (Å²) in [4.78, 5) is 25.4. The van der Waals surface area contributed by atoms with Gasteiger partial charge in [0.15, 0.2) is 0 Å². The van der Waals surface area contributed by atoms with Crippen molar-refractivity contribution < 1.29 is 9.72 Å². The molecule has 0 aromatic heterocycles. The van der Waals surface area contributed by atoms with Crippen LogP contribution in [0.25, 0.3) is 6.08 Å². The molecule has 26 heavy (non-hydrogen) atoms. The molecule has 130 valence electrons. The minimum absolute atomic E-state index is 0.0443. The summed E-state index contributed by atoms with van der Waals surface area (Å²) in [5.41, 5.74) is 1.62. The lowest BCUT2D eigenvalue weighted by atomic mass is 10.0. The molecule has 6 nitrogen and oxygen atoms in total. The van der Waals surface area contributed by atoms with E-state index in [2.05, 4.69) is 4.90 Å². The van der Waals surface area contributed by atoms with E-state index in [0.717, 1.165) is 31.6 Å². The molecule has 0 amide bonds. The number of hydrogen-bond donors (Lipinski definition) is 0. The fraction of sp³-hybridized carbons (Fsp3) is 0.200. The molecular weight excluding hydrogens is 330 g/mol. The maximum atomic E-state index is 12.6. The summed E-state index contributed by atoms with van der Waals surface area (Å²) in [5.74, 6) is -0.396. The highest BCUT2D eigenvalue weighted by Crippen LogP contribution is 2.30. The zero-order valence-corrected chi connectivity index (χ0v) is 14.1. The largest absolute Gasteiger partial charge is 0.371 e. The first kappa shape index (κ1) is 17.4. The molecule has 0 unspecified atom stereocenters. The number of carbonyl (C=O) groups is 1. The van der Waals surface area contributed by atoms with Crippen LogP contribution in [-0.4, -0.2) is 23.8 Å². The number of benzene rings is 2. The normalized spacial score (nSPS) is 14.1. The van der Waals surface area contributed by atoms with Crippen LogP contribution in [0.2, 0.25) is 0 Å². The van der Waals surface area contributed by atoms with E-state index in [0.29, 0.717) is 11.1 Å². The zero-order chi connectivity index (χ0) is 18.5. The van der Waals surface area contributed by atoms with Crippen LogP contribution in [0.5, 0.6) is 0 Å². The number of nitro benzene ring substituents is 1. The third kappa shape index (κ3) is 3.62. The summed E-state index contributed by atoms with van der Waals surface area (Å²) in [7, 11) is 0. The third-order valence-corrected chi connectivity index (χ3v) is 4.37. The van der Waals surface area contributed by atoms with E-state index in [-0.39, 0.29) is 11.3 Å². The van der Waals surface area contributed by atoms with Gasteiger partial charge in [-0.25, -0.2) is 0 Å². The van der Waals surface area contributed by atoms with Gasteiger partial charge in [-0.1, -0.05) is 30.3 Å². The monoisotopic (exact) mass is 347 g/mol. The van der Waals surface area contributed by atoms with Gasteiger partial charge in [0.1, 0.15) is 11.6 Å². The lowest BCUT2D eigenvalue weighted by Gasteiger charge is -2.20. The molecule has 0 saturated carbocycles. The Kier molecular flexibility index (Phi) is 5.09. The molecule has 2 aromatic rings. The van der Waals surface area contributed by atoms with Crippen molar-refractivity contribution in [3.63, 3.8) is 0 Å². The molecule has 1 saturated heterocycles. The highest BCUT2D eigenvalue weighted by Gasteiger charge is 2.19. The number of carbonyl (C=O) groups excluding carboxylic acids is 1. The van der Waals surface area contributed by atoms with Gasteiger partial charge < -0.3 is 4.90 Å². The topological polar surface area (TPSA) is 87.2 Å². The molecule has 1 heterocycles. The lowest BCUT2D eigenvalue weighted by molar-refractivity contribution is -0.384. The Morgan fingerprint density at radius 1 is 1.15 bits per heavy atom. The van der Waals surface area contributed by atoms with E-state index in [1.807, 2.05) is 6.07 Å². The van der Waals surface area contributed by atoms with Crippen molar-refractivity contribution in [3.05, 3.63) is 75.3 Å². The van der Waals surface area contributed by atoms with Crippen molar-refractivity contribution in [3.8, 4) is 6.07 Å². The number of ketones is 1. The number of non-ortho nitro benzene ring substituents is 1. The van der Waals surface area contributed by atoms with Crippen LogP contribution < -0.4 is 4.90 Å². The fourth-order valence-electron chi connectivity index (χ4n) is 3.07. The van der Waals surface area contributed by atoms with Crippen molar-refractivity contribution in [2.45, 2.75) is 12.8 Å². The van der Waals surface area contributed by atoms with Gasteiger partial charge in [-0.15, -0.1) is 0 Å². The van der Waals surface area contributed by atoms with Gasteiger partial charge in [-0.2, -0.15) is 5.26 Å². The number of anilines is 1. The molecule has 0 atom stereocenters. The van der Waals surface area contributed by atoms with Crippen molar-refractivity contribution in [2.24, 2.45) is 0 Å². The first-order valence-corrected chi connectivity index (χ1v) is 8.35. The van der Waals surface area contributed by atoms with Gasteiger partial charge in [-0.05, 0) is 25.0 Å². The van der Waals surface area contributed by atoms with E-state index in [1.54, 1.807) is 36.4 Å². The molecule has 0 N–H and O–H groups in total. The molecule has 3 rings (SSSR count). The quantitative estimate of drug-likeness (QED) is 0.268. The Balaban J connectivity index is 2.06. The molecule has 1 aliphatic rings. The molecule has 6 heteroatoms. The summed E-state index contributed by atoms with van der Waals surface area (Å²) in [5, 5.41) is 20.6. The van der Waals surface area contributed by atoms with E-state index in [4.69, 9.17) is 0 Å². The average molecular weight is 347 g/mol. The van der Waals surface area contributed by atoms with Crippen LogP contribution in [0.15, 0.2) is 54.1 Å². The van der Waals surface area contributed by atoms with Crippen molar-refractivity contribution in [2.75, 3.05) is 18.0 Å². The van der Waals surface area contributed by atoms with Gasteiger partial charge in [-0.3, -0.25) is 14.9 Å². The Hall–Kier alpha value is -3.46. The summed E-state index contributed by atoms with van der Waals surface area (Å²) in [6.45, 7) is 1.71. The molecule has 0 radical (unpaired) electrons. The van der Waals surface area contributed by atoms with E-state index < -0.39 is 10.7 Å². The Morgan fingerprint density at radius 3 is 2.46 bits per heavy atom. The lowest BCUT2D eigenvalue weighted by Crippen LogP contribution is -2.18. The summed E-state index contributed by atoms with van der Waals surface area (Å²) < 4.78 is 0. The fourth-order valence-corrected chi connectivity index (χ4v) is 3.07. The smallest absolute Gasteiger partial charge is 0.270 e. The number of nitrogens with zero attached hydrogens (tertiary/aromatic N) is 3. The molecule has 1 aliphatic heterocycles. The summed E-state index contributed by atoms with van der Waals surface area (Å²) >= 11 is 0. The SMILES string of the molecule is N#C/C(=C/c1cc([N+](=O)[O-])ccc1N1CCCC1)C(=O)c1ccccc1. The highest BCUT2D eigenvalue weighted by atomic mass is 16.6. The maximum absolute atomic E-state index is 12.6. The molecule has 1 fully saturated rings. The number of nitro groups is 1. The van der Waals surface area contributed by atoms with E-state index in [9.17, 15) is 20.2 Å². The van der Waals surface area contributed by atoms with Crippen LogP contribution in [0.4, 0.5) is 11.4 Å². The predicted octanol–water partition coefficient (Wildman–Crippen LogP) is 3.98. The predicted molar refractivity (Wildman–Crippen MR) is 98.9 cm³/mol. The number of Topliss-reactive ketones (excluding diaryl/α,β-unsaturated/α-hetero) is 1. The van der Waals surface area contributed by atoms with Crippen LogP contribution in [0, 0.1) is 21.4 Å². The van der Waals surface area contributed by atoms with Crippen molar-refractivity contribution in [1.29, 1.82) is 5.26 Å². The first-order valence-electron chi connectivity index (χ1n) is 8.35. The number of hydrogen-bond acceptors (Lipinski definition) is 5. The standard InChI is InChI=1S/C20H17N3O3/c21-14-17(20(24)15-6-2-1-3-7-15)12-16-13-18(23(25)26)8-9-19(16)22-10-4-5-11-22/h1-3,6-9,12-13H,4-5,10-11H2/b17-12-. The van der Waals surface area contributed by atoms with Crippen molar-refractivity contribution >= 4 is 23.2 Å². The minimum atomic E-state index is -0.476. The van der Waals surface area contributed by atoms with E-state index >= 15 is 0 Å². The third-order valence-electron chi connectivity index (χ3n) is 4.37. The van der Waals surface area contributed by atoms with Gasteiger partial charge >= 0.3 is 0 Å². The summed E-state index contributed by atoms with van der Waals surface area (Å²) in [6.07, 6.45) is 3.55. The molecule has 0 bridgehead atoms. The Bertz CT molecular complexity index is 908. The average Bonchev–Trinajstić information content (AvgIpc) is 3.20. The number of allylic oxidation sites excluding steroid dienone is 1. The first-order chi connectivity index (χ1) is 12.6. The maximum Gasteiger partial charge on any atom is 0.270 e. The molecule has 2 aromatic carbocycles.